The monoisotopic (exact) mass is 231 g/mol. The maximum absolute atomic E-state index is 12.1. The lowest BCUT2D eigenvalue weighted by atomic mass is 9.88. The maximum atomic E-state index is 12.1. The van der Waals surface area contributed by atoms with Crippen LogP contribution < -0.4 is 0 Å². The summed E-state index contributed by atoms with van der Waals surface area (Å²) in [5.41, 5.74) is 0. The molecule has 2 rings (SSSR count). The molecular formula is C11H21NO2S. The van der Waals surface area contributed by atoms with Crippen LogP contribution in [-0.2, 0) is 9.84 Å². The SMILES string of the molecule is CC1(C)C(N2CCCC2)C(C)(C)S1(=O)=O. The highest BCUT2D eigenvalue weighted by Crippen LogP contribution is 2.51. The van der Waals surface area contributed by atoms with E-state index in [0.717, 1.165) is 13.1 Å². The van der Waals surface area contributed by atoms with E-state index in [1.54, 1.807) is 0 Å². The van der Waals surface area contributed by atoms with Crippen molar-refractivity contribution in [3.63, 3.8) is 0 Å². The first kappa shape index (κ1) is 11.4. The van der Waals surface area contributed by atoms with E-state index in [2.05, 4.69) is 4.90 Å². The van der Waals surface area contributed by atoms with Crippen molar-refractivity contribution in [3.05, 3.63) is 0 Å². The lowest BCUT2D eigenvalue weighted by Gasteiger charge is -2.59. The van der Waals surface area contributed by atoms with Crippen LogP contribution in [0.3, 0.4) is 0 Å². The van der Waals surface area contributed by atoms with Gasteiger partial charge in [0, 0.05) is 6.04 Å². The molecule has 0 radical (unpaired) electrons. The Labute approximate surface area is 92.8 Å². The lowest BCUT2D eigenvalue weighted by Crippen LogP contribution is -2.77. The van der Waals surface area contributed by atoms with Gasteiger partial charge >= 0.3 is 0 Å². The summed E-state index contributed by atoms with van der Waals surface area (Å²) in [4.78, 5) is 2.36. The minimum atomic E-state index is -2.97. The summed E-state index contributed by atoms with van der Waals surface area (Å²) in [6.07, 6.45) is 2.42. The molecule has 0 N–H and O–H groups in total. The summed E-state index contributed by atoms with van der Waals surface area (Å²) in [5.74, 6) is 0. The average molecular weight is 231 g/mol. The second-order valence-corrected chi connectivity index (χ2v) is 8.97. The molecular weight excluding hydrogens is 210 g/mol. The fraction of sp³-hybridized carbons (Fsp3) is 1.00. The molecule has 2 fully saturated rings. The van der Waals surface area contributed by atoms with Gasteiger partial charge in [0.1, 0.15) is 0 Å². The van der Waals surface area contributed by atoms with Crippen LogP contribution in [0.1, 0.15) is 40.5 Å². The normalized spacial score (nSPS) is 33.9. The summed E-state index contributed by atoms with van der Waals surface area (Å²) < 4.78 is 23.1. The van der Waals surface area contributed by atoms with Crippen LogP contribution in [0.2, 0.25) is 0 Å². The van der Waals surface area contributed by atoms with Crippen molar-refractivity contribution in [1.29, 1.82) is 0 Å². The molecule has 2 aliphatic rings. The minimum Gasteiger partial charge on any atom is -0.297 e. The molecule has 0 aliphatic carbocycles. The second-order valence-electron chi connectivity index (χ2n) is 5.86. The van der Waals surface area contributed by atoms with Gasteiger partial charge in [0.15, 0.2) is 9.84 Å². The first-order chi connectivity index (χ1) is 6.73. The van der Waals surface area contributed by atoms with Gasteiger partial charge in [0.25, 0.3) is 0 Å². The number of sulfone groups is 1. The molecule has 0 amide bonds. The van der Waals surface area contributed by atoms with Gasteiger partial charge in [-0.15, -0.1) is 0 Å². The molecule has 0 bridgehead atoms. The molecule has 2 saturated heterocycles. The van der Waals surface area contributed by atoms with Crippen molar-refractivity contribution >= 4 is 9.84 Å². The van der Waals surface area contributed by atoms with Crippen molar-refractivity contribution in [2.45, 2.75) is 56.1 Å². The van der Waals surface area contributed by atoms with Crippen LogP contribution in [0.25, 0.3) is 0 Å². The molecule has 0 aromatic heterocycles. The van der Waals surface area contributed by atoms with Gasteiger partial charge in [-0.25, -0.2) is 8.42 Å². The van der Waals surface area contributed by atoms with Crippen molar-refractivity contribution in [2.24, 2.45) is 0 Å². The molecule has 0 saturated carbocycles. The van der Waals surface area contributed by atoms with Crippen LogP contribution in [0.5, 0.6) is 0 Å². The number of rotatable bonds is 1. The van der Waals surface area contributed by atoms with E-state index >= 15 is 0 Å². The third-order valence-electron chi connectivity index (χ3n) is 4.21. The third kappa shape index (κ3) is 1.18. The number of hydrogen-bond donors (Lipinski definition) is 0. The van der Waals surface area contributed by atoms with Crippen molar-refractivity contribution in [3.8, 4) is 0 Å². The van der Waals surface area contributed by atoms with E-state index in [0.29, 0.717) is 0 Å². The first-order valence-corrected chi connectivity index (χ1v) is 7.19. The Bertz CT molecular complexity index is 342. The standard InChI is InChI=1S/C11H21NO2S/c1-10(2)9(12-7-5-6-8-12)11(3,4)15(10,13)14/h9H,5-8H2,1-4H3. The molecule has 4 heteroatoms. The Balaban J connectivity index is 2.34. The third-order valence-corrected chi connectivity index (χ3v) is 7.42. The first-order valence-electron chi connectivity index (χ1n) is 5.71. The molecule has 0 aromatic rings. The van der Waals surface area contributed by atoms with Gasteiger partial charge in [-0.05, 0) is 53.6 Å². The predicted octanol–water partition coefficient (Wildman–Crippen LogP) is 1.44. The van der Waals surface area contributed by atoms with Crippen molar-refractivity contribution in [1.82, 2.24) is 4.90 Å². The molecule has 0 aromatic carbocycles. The maximum Gasteiger partial charge on any atom is 0.163 e. The van der Waals surface area contributed by atoms with Crippen molar-refractivity contribution < 1.29 is 8.42 Å². The van der Waals surface area contributed by atoms with Crippen LogP contribution >= 0.6 is 0 Å². The topological polar surface area (TPSA) is 37.4 Å². The summed E-state index contributed by atoms with van der Waals surface area (Å²) >= 11 is 0. The predicted molar refractivity (Wildman–Crippen MR) is 61.7 cm³/mol. The zero-order valence-corrected chi connectivity index (χ0v) is 10.9. The quantitative estimate of drug-likeness (QED) is 0.685. The van der Waals surface area contributed by atoms with Gasteiger partial charge in [-0.2, -0.15) is 0 Å². The van der Waals surface area contributed by atoms with E-state index in [-0.39, 0.29) is 6.04 Å². The summed E-state index contributed by atoms with van der Waals surface area (Å²) in [5, 5.41) is 0. The zero-order chi connectivity index (χ0) is 11.5. The lowest BCUT2D eigenvalue weighted by molar-refractivity contribution is 0.132. The van der Waals surface area contributed by atoms with Gasteiger partial charge in [-0.1, -0.05) is 0 Å². The highest BCUT2D eigenvalue weighted by molar-refractivity contribution is 7.95. The fourth-order valence-electron chi connectivity index (χ4n) is 3.63. The highest BCUT2D eigenvalue weighted by atomic mass is 32.2. The Hall–Kier alpha value is -0.0900. The second kappa shape index (κ2) is 2.98. The van der Waals surface area contributed by atoms with Gasteiger partial charge < -0.3 is 0 Å². The molecule has 0 unspecified atom stereocenters. The largest absolute Gasteiger partial charge is 0.297 e. The number of nitrogens with zero attached hydrogens (tertiary/aromatic N) is 1. The van der Waals surface area contributed by atoms with E-state index in [9.17, 15) is 8.42 Å². The Kier molecular flexibility index (Phi) is 2.26. The molecule has 15 heavy (non-hydrogen) atoms. The molecule has 2 heterocycles. The van der Waals surface area contributed by atoms with Gasteiger partial charge in [-0.3, -0.25) is 4.90 Å². The van der Waals surface area contributed by atoms with Crippen LogP contribution in [0.4, 0.5) is 0 Å². The number of likely N-dealkylation sites (tertiary alicyclic amines) is 1. The van der Waals surface area contributed by atoms with E-state index in [1.165, 1.54) is 12.8 Å². The molecule has 2 aliphatic heterocycles. The van der Waals surface area contributed by atoms with Gasteiger partial charge in [0.2, 0.25) is 0 Å². The van der Waals surface area contributed by atoms with E-state index in [1.807, 2.05) is 27.7 Å². The minimum absolute atomic E-state index is 0.192. The smallest absolute Gasteiger partial charge is 0.163 e. The molecule has 0 spiro atoms. The van der Waals surface area contributed by atoms with Crippen LogP contribution in [0.15, 0.2) is 0 Å². The zero-order valence-electron chi connectivity index (χ0n) is 10.1. The Morgan fingerprint density at radius 1 is 1.00 bits per heavy atom. The Morgan fingerprint density at radius 2 is 1.40 bits per heavy atom. The van der Waals surface area contributed by atoms with Gasteiger partial charge in [0.05, 0.1) is 9.49 Å². The Morgan fingerprint density at radius 3 is 1.80 bits per heavy atom. The van der Waals surface area contributed by atoms with E-state index in [4.69, 9.17) is 0 Å². The molecule has 0 atom stereocenters. The highest BCUT2D eigenvalue weighted by Gasteiger charge is 2.68. The molecule has 88 valence electrons. The summed E-state index contributed by atoms with van der Waals surface area (Å²) in [6.45, 7) is 9.61. The summed E-state index contributed by atoms with van der Waals surface area (Å²) in [6, 6.07) is 0.192. The van der Waals surface area contributed by atoms with Crippen LogP contribution in [0, 0.1) is 0 Å². The fourth-order valence-corrected chi connectivity index (χ4v) is 6.28. The summed E-state index contributed by atoms with van der Waals surface area (Å²) in [7, 11) is -2.97. The molecule has 3 nitrogen and oxygen atoms in total. The van der Waals surface area contributed by atoms with E-state index < -0.39 is 19.3 Å². The average Bonchev–Trinajstić information content (AvgIpc) is 2.55. The number of hydrogen-bond acceptors (Lipinski definition) is 3. The van der Waals surface area contributed by atoms with Crippen molar-refractivity contribution in [2.75, 3.05) is 13.1 Å². The van der Waals surface area contributed by atoms with Crippen LogP contribution in [-0.4, -0.2) is 41.9 Å².